The monoisotopic (exact) mass is 390 g/mol. The van der Waals surface area contributed by atoms with E-state index < -0.39 is 6.43 Å². The van der Waals surface area contributed by atoms with Crippen molar-refractivity contribution >= 4 is 17.3 Å². The molecule has 0 saturated carbocycles. The van der Waals surface area contributed by atoms with Gasteiger partial charge < -0.3 is 20.1 Å². The van der Waals surface area contributed by atoms with Crippen LogP contribution >= 0.6 is 0 Å². The topological polar surface area (TPSA) is 99.3 Å². The summed E-state index contributed by atoms with van der Waals surface area (Å²) in [7, 11) is 0. The summed E-state index contributed by atoms with van der Waals surface area (Å²) in [5, 5.41) is 0. The molecular weight excluding hydrogens is 370 g/mol. The number of nitrogens with zero attached hydrogens (tertiary/aromatic N) is 5. The number of rotatable bonds is 4. The number of nitrogen functional groups attached to an aromatic ring is 1. The van der Waals surface area contributed by atoms with Crippen LogP contribution in [-0.2, 0) is 9.47 Å². The molecule has 1 fully saturated rings. The van der Waals surface area contributed by atoms with E-state index in [1.54, 1.807) is 0 Å². The van der Waals surface area contributed by atoms with Crippen molar-refractivity contribution < 1.29 is 18.3 Å². The molecule has 2 aromatic rings. The molecule has 0 bridgehead atoms. The number of aromatic nitrogens is 4. The van der Waals surface area contributed by atoms with Crippen molar-refractivity contribution in [3.63, 3.8) is 0 Å². The Balaban J connectivity index is 1.83. The first-order chi connectivity index (χ1) is 13.6. The molecule has 0 radical (unpaired) electrons. The molecule has 4 rings (SSSR count). The molecule has 8 nitrogen and oxygen atoms in total. The maximum Gasteiger partial charge on any atom is 0.264 e. The number of nitrogens with two attached hydrogens (primary N) is 1. The van der Waals surface area contributed by atoms with E-state index in [-0.39, 0.29) is 22.8 Å². The standard InChI is InChI=1S/C18H20F2N6O2/c19-15(20)12-9-14(21)22-10-13(12)17-23-16(11-1-5-27-6-2-11)24-18(25-17)26-3-7-28-8-4-26/h1,9-10,15H,2-8H2,(H2,21,22). The Morgan fingerprint density at radius 1 is 1.04 bits per heavy atom. The Bertz CT molecular complexity index is 886. The first-order valence-corrected chi connectivity index (χ1v) is 9.01. The van der Waals surface area contributed by atoms with Crippen LogP contribution in [-0.4, -0.2) is 59.5 Å². The van der Waals surface area contributed by atoms with Crippen LogP contribution in [0.5, 0.6) is 0 Å². The summed E-state index contributed by atoms with van der Waals surface area (Å²) in [4.78, 5) is 19.5. The number of ether oxygens (including phenoxy) is 2. The second-order valence-electron chi connectivity index (χ2n) is 6.43. The largest absolute Gasteiger partial charge is 0.384 e. The minimum absolute atomic E-state index is 0.0221. The van der Waals surface area contributed by atoms with E-state index in [1.807, 2.05) is 11.0 Å². The smallest absolute Gasteiger partial charge is 0.264 e. The average Bonchev–Trinajstić information content (AvgIpc) is 2.74. The number of hydrogen-bond acceptors (Lipinski definition) is 8. The van der Waals surface area contributed by atoms with Gasteiger partial charge in [0.25, 0.3) is 6.43 Å². The van der Waals surface area contributed by atoms with Crippen molar-refractivity contribution in [1.82, 2.24) is 19.9 Å². The number of anilines is 2. The second-order valence-corrected chi connectivity index (χ2v) is 6.43. The summed E-state index contributed by atoms with van der Waals surface area (Å²) in [6.45, 7) is 3.37. The highest BCUT2D eigenvalue weighted by Gasteiger charge is 2.23. The van der Waals surface area contributed by atoms with Crippen molar-refractivity contribution in [3.8, 4) is 11.4 Å². The normalized spacial score (nSPS) is 17.7. The maximum atomic E-state index is 13.6. The Hall–Kier alpha value is -2.72. The van der Waals surface area contributed by atoms with Crippen LogP contribution in [0.4, 0.5) is 20.5 Å². The van der Waals surface area contributed by atoms with Crippen molar-refractivity contribution in [2.45, 2.75) is 12.8 Å². The van der Waals surface area contributed by atoms with Gasteiger partial charge in [-0.15, -0.1) is 0 Å². The van der Waals surface area contributed by atoms with Gasteiger partial charge in [-0.25, -0.2) is 18.7 Å². The lowest BCUT2D eigenvalue weighted by atomic mass is 10.1. The molecule has 0 aromatic carbocycles. The number of alkyl halides is 2. The highest BCUT2D eigenvalue weighted by atomic mass is 19.3. The number of halogens is 2. The molecule has 2 aliphatic heterocycles. The van der Waals surface area contributed by atoms with Gasteiger partial charge >= 0.3 is 0 Å². The average molecular weight is 390 g/mol. The van der Waals surface area contributed by atoms with Gasteiger partial charge in [-0.1, -0.05) is 6.08 Å². The van der Waals surface area contributed by atoms with Crippen LogP contribution < -0.4 is 10.6 Å². The summed E-state index contributed by atoms with van der Waals surface area (Å²) < 4.78 is 37.9. The highest BCUT2D eigenvalue weighted by molar-refractivity contribution is 5.67. The fourth-order valence-corrected chi connectivity index (χ4v) is 3.12. The third-order valence-electron chi connectivity index (χ3n) is 4.60. The zero-order valence-corrected chi connectivity index (χ0v) is 15.1. The number of hydrogen-bond donors (Lipinski definition) is 1. The molecule has 1 saturated heterocycles. The van der Waals surface area contributed by atoms with Gasteiger partial charge in [0.15, 0.2) is 11.6 Å². The SMILES string of the molecule is Nc1cc(C(F)F)c(-c2nc(C3=CCOCC3)nc(N3CCOCC3)n2)cn1. The molecule has 0 aliphatic carbocycles. The van der Waals surface area contributed by atoms with E-state index in [2.05, 4.69) is 19.9 Å². The number of pyridine rings is 1. The third-order valence-corrected chi connectivity index (χ3v) is 4.60. The van der Waals surface area contributed by atoms with Gasteiger partial charge in [-0.3, -0.25) is 0 Å². The van der Waals surface area contributed by atoms with Gasteiger partial charge in [0.1, 0.15) is 5.82 Å². The fourth-order valence-electron chi connectivity index (χ4n) is 3.12. The molecule has 0 spiro atoms. The quantitative estimate of drug-likeness (QED) is 0.847. The van der Waals surface area contributed by atoms with Gasteiger partial charge in [0, 0.05) is 30.4 Å². The summed E-state index contributed by atoms with van der Waals surface area (Å²) in [5.74, 6) is 1.08. The van der Waals surface area contributed by atoms with E-state index >= 15 is 0 Å². The Morgan fingerprint density at radius 3 is 2.54 bits per heavy atom. The summed E-state index contributed by atoms with van der Waals surface area (Å²) in [6, 6.07) is 1.16. The summed E-state index contributed by atoms with van der Waals surface area (Å²) in [5.41, 5.74) is 6.40. The lowest BCUT2D eigenvalue weighted by Gasteiger charge is -2.27. The molecule has 28 heavy (non-hydrogen) atoms. The van der Waals surface area contributed by atoms with Gasteiger partial charge in [-0.2, -0.15) is 9.97 Å². The molecule has 2 N–H and O–H groups in total. The van der Waals surface area contributed by atoms with Crippen LogP contribution in [0.3, 0.4) is 0 Å². The van der Waals surface area contributed by atoms with Crippen LogP contribution in [0.25, 0.3) is 17.0 Å². The lowest BCUT2D eigenvalue weighted by Crippen LogP contribution is -2.37. The van der Waals surface area contributed by atoms with E-state index in [0.29, 0.717) is 57.7 Å². The zero-order valence-electron chi connectivity index (χ0n) is 15.1. The number of morpholine rings is 1. The lowest BCUT2D eigenvalue weighted by molar-refractivity contribution is 0.122. The molecule has 2 aliphatic rings. The minimum Gasteiger partial charge on any atom is -0.384 e. The Kier molecular flexibility index (Phi) is 5.40. The molecule has 2 aromatic heterocycles. The first kappa shape index (κ1) is 18.6. The van der Waals surface area contributed by atoms with Gasteiger partial charge in [-0.05, 0) is 18.1 Å². The molecule has 4 heterocycles. The summed E-state index contributed by atoms with van der Waals surface area (Å²) >= 11 is 0. The van der Waals surface area contributed by atoms with Crippen LogP contribution in [0.1, 0.15) is 24.2 Å². The van der Waals surface area contributed by atoms with Gasteiger partial charge in [0.05, 0.1) is 26.4 Å². The van der Waals surface area contributed by atoms with Crippen LogP contribution in [0, 0.1) is 0 Å². The van der Waals surface area contributed by atoms with Crippen molar-refractivity contribution in [3.05, 3.63) is 29.7 Å². The van der Waals surface area contributed by atoms with Crippen molar-refractivity contribution in [2.24, 2.45) is 0 Å². The van der Waals surface area contributed by atoms with Crippen molar-refractivity contribution in [1.29, 1.82) is 0 Å². The minimum atomic E-state index is -2.73. The van der Waals surface area contributed by atoms with Crippen LogP contribution in [0.2, 0.25) is 0 Å². The molecular formula is C18H20F2N6O2. The third kappa shape index (κ3) is 3.92. The molecule has 0 atom stereocenters. The summed E-state index contributed by atoms with van der Waals surface area (Å²) in [6.07, 6.45) is 1.11. The van der Waals surface area contributed by atoms with E-state index in [4.69, 9.17) is 15.2 Å². The van der Waals surface area contributed by atoms with Crippen LogP contribution in [0.15, 0.2) is 18.3 Å². The van der Waals surface area contributed by atoms with Gasteiger partial charge in [0.2, 0.25) is 5.95 Å². The van der Waals surface area contributed by atoms with Crippen molar-refractivity contribution in [2.75, 3.05) is 50.2 Å². The molecule has 148 valence electrons. The highest BCUT2D eigenvalue weighted by Crippen LogP contribution is 2.31. The fraction of sp³-hybridized carbons (Fsp3) is 0.444. The maximum absolute atomic E-state index is 13.6. The van der Waals surface area contributed by atoms with E-state index in [0.717, 1.165) is 11.6 Å². The van der Waals surface area contributed by atoms with E-state index in [1.165, 1.54) is 6.20 Å². The predicted octanol–water partition coefficient (Wildman–Crippen LogP) is 2.09. The Labute approximate surface area is 160 Å². The molecule has 10 heteroatoms. The predicted molar refractivity (Wildman–Crippen MR) is 98.9 cm³/mol. The zero-order chi connectivity index (χ0) is 19.5. The Morgan fingerprint density at radius 2 is 1.82 bits per heavy atom. The second kappa shape index (κ2) is 8.11. The first-order valence-electron chi connectivity index (χ1n) is 9.01. The van der Waals surface area contributed by atoms with E-state index in [9.17, 15) is 8.78 Å². The molecule has 0 amide bonds. The molecule has 0 unspecified atom stereocenters.